The van der Waals surface area contributed by atoms with E-state index in [4.69, 9.17) is 14.2 Å². The highest BCUT2D eigenvalue weighted by atomic mass is 16.8. The SMILES string of the molecule is C/C=C\C/C=C\C/C=C\CCCCCCCCC1(CCCCCCCC/C=C\C/C=C\CCCC)O[C@H]2CC(OC(=O)CN(C)C)C[C@H]2O1. The lowest BCUT2D eigenvalue weighted by Crippen LogP contribution is -2.33. The Bertz CT molecular complexity index is 950. The molecule has 4 atom stereocenters. The second kappa shape index (κ2) is 28.7. The Morgan fingerprint density at radius 3 is 1.53 bits per heavy atom. The Hall–Kier alpha value is -1.95. The molecule has 1 saturated carbocycles. The number of unbranched alkanes of at least 4 members (excludes halogenated alkanes) is 14. The molecule has 0 aromatic heterocycles. The Morgan fingerprint density at radius 2 is 1.06 bits per heavy atom. The molecule has 1 saturated heterocycles. The minimum Gasteiger partial charge on any atom is -0.461 e. The summed E-state index contributed by atoms with van der Waals surface area (Å²) >= 11 is 0. The smallest absolute Gasteiger partial charge is 0.320 e. The maximum atomic E-state index is 12.2. The van der Waals surface area contributed by atoms with Gasteiger partial charge in [-0.3, -0.25) is 9.69 Å². The van der Waals surface area contributed by atoms with Gasteiger partial charge in [-0.05, 0) is 85.2 Å². The molecule has 2 rings (SSSR count). The first-order valence-electron chi connectivity index (χ1n) is 20.4. The summed E-state index contributed by atoms with van der Waals surface area (Å²) in [6.45, 7) is 4.63. The average molecular weight is 682 g/mol. The number of hydrogen-bond acceptors (Lipinski definition) is 5. The molecule has 0 bridgehead atoms. The topological polar surface area (TPSA) is 48.0 Å². The maximum Gasteiger partial charge on any atom is 0.320 e. The van der Waals surface area contributed by atoms with E-state index in [0.29, 0.717) is 6.54 Å². The summed E-state index contributed by atoms with van der Waals surface area (Å²) in [6, 6.07) is 0. The Kier molecular flexibility index (Phi) is 25.3. The maximum absolute atomic E-state index is 12.2. The van der Waals surface area contributed by atoms with E-state index in [1.165, 1.54) is 96.3 Å². The lowest BCUT2D eigenvalue weighted by molar-refractivity contribution is -0.197. The molecule has 5 nitrogen and oxygen atoms in total. The van der Waals surface area contributed by atoms with Gasteiger partial charge in [0.05, 0.1) is 18.8 Å². The second-order valence-corrected chi connectivity index (χ2v) is 14.7. The Morgan fingerprint density at radius 1 is 0.633 bits per heavy atom. The van der Waals surface area contributed by atoms with Crippen LogP contribution in [0.1, 0.15) is 168 Å². The Labute approximate surface area is 302 Å². The molecular formula is C44H75NO4. The van der Waals surface area contributed by atoms with E-state index >= 15 is 0 Å². The van der Waals surface area contributed by atoms with Crippen LogP contribution in [0.15, 0.2) is 60.8 Å². The van der Waals surface area contributed by atoms with E-state index < -0.39 is 5.79 Å². The molecule has 1 aliphatic heterocycles. The van der Waals surface area contributed by atoms with E-state index in [2.05, 4.69) is 74.6 Å². The quantitative estimate of drug-likeness (QED) is 0.0429. The van der Waals surface area contributed by atoms with Gasteiger partial charge in [-0.25, -0.2) is 0 Å². The number of likely N-dealkylation sites (N-methyl/N-ethyl adjacent to an activating group) is 1. The van der Waals surface area contributed by atoms with Gasteiger partial charge in [-0.1, -0.05) is 132 Å². The lowest BCUT2D eigenvalue weighted by Gasteiger charge is -2.30. The fourth-order valence-electron chi connectivity index (χ4n) is 6.94. The molecule has 280 valence electrons. The number of carbonyl (C=O) groups excluding carboxylic acids is 1. The van der Waals surface area contributed by atoms with Gasteiger partial charge in [0.2, 0.25) is 0 Å². The molecule has 0 amide bonds. The molecule has 0 radical (unpaired) electrons. The van der Waals surface area contributed by atoms with Crippen molar-refractivity contribution in [2.45, 2.75) is 192 Å². The number of fused-ring (bicyclic) bond motifs is 1. The predicted octanol–water partition coefficient (Wildman–Crippen LogP) is 12.1. The van der Waals surface area contributed by atoms with E-state index in [-0.39, 0.29) is 24.3 Å². The molecule has 0 N–H and O–H groups in total. The summed E-state index contributed by atoms with van der Waals surface area (Å²) in [5.41, 5.74) is 0. The third-order valence-corrected chi connectivity index (χ3v) is 9.68. The number of hydrogen-bond donors (Lipinski definition) is 0. The molecule has 2 fully saturated rings. The van der Waals surface area contributed by atoms with Gasteiger partial charge >= 0.3 is 5.97 Å². The zero-order chi connectivity index (χ0) is 35.3. The zero-order valence-corrected chi connectivity index (χ0v) is 32.3. The molecule has 0 spiro atoms. The van der Waals surface area contributed by atoms with Crippen LogP contribution in [0.25, 0.3) is 0 Å². The monoisotopic (exact) mass is 682 g/mol. The average Bonchev–Trinajstić information content (AvgIpc) is 3.59. The molecule has 1 heterocycles. The number of ether oxygens (including phenoxy) is 3. The summed E-state index contributed by atoms with van der Waals surface area (Å²) < 4.78 is 19.3. The zero-order valence-electron chi connectivity index (χ0n) is 32.3. The van der Waals surface area contributed by atoms with Crippen LogP contribution in [0.2, 0.25) is 0 Å². The molecule has 49 heavy (non-hydrogen) atoms. The number of carbonyl (C=O) groups is 1. The number of rotatable bonds is 30. The first-order valence-corrected chi connectivity index (χ1v) is 20.4. The highest BCUT2D eigenvalue weighted by molar-refractivity contribution is 5.71. The normalized spacial score (nSPS) is 22.8. The van der Waals surface area contributed by atoms with Crippen LogP contribution < -0.4 is 0 Å². The largest absolute Gasteiger partial charge is 0.461 e. The molecule has 1 aliphatic carbocycles. The third kappa shape index (κ3) is 21.8. The summed E-state index contributed by atoms with van der Waals surface area (Å²) in [5.74, 6) is -0.605. The van der Waals surface area contributed by atoms with Crippen LogP contribution in [0, 0.1) is 0 Å². The minimum absolute atomic E-state index is 0.0498. The second-order valence-electron chi connectivity index (χ2n) is 14.7. The van der Waals surface area contributed by atoms with Crippen LogP contribution >= 0.6 is 0 Å². The van der Waals surface area contributed by atoms with Crippen LogP contribution in [0.4, 0.5) is 0 Å². The van der Waals surface area contributed by atoms with Gasteiger partial charge < -0.3 is 14.2 Å². The predicted molar refractivity (Wildman–Crippen MR) is 209 cm³/mol. The first kappa shape index (κ1) is 43.2. The van der Waals surface area contributed by atoms with Gasteiger partial charge in [-0.15, -0.1) is 0 Å². The van der Waals surface area contributed by atoms with Crippen molar-refractivity contribution in [2.75, 3.05) is 20.6 Å². The minimum atomic E-state index is -0.449. The third-order valence-electron chi connectivity index (χ3n) is 9.68. The van der Waals surface area contributed by atoms with Crippen LogP contribution in [-0.2, 0) is 19.0 Å². The highest BCUT2D eigenvalue weighted by Gasteiger charge is 2.52. The van der Waals surface area contributed by atoms with Crippen molar-refractivity contribution in [3.8, 4) is 0 Å². The van der Waals surface area contributed by atoms with Crippen molar-refractivity contribution < 1.29 is 19.0 Å². The van der Waals surface area contributed by atoms with Gasteiger partial charge in [0, 0.05) is 25.7 Å². The standard InChI is InChI=1S/C44H75NO4/c1-5-7-9-11-13-15-17-19-21-23-25-27-29-31-33-35-44(48-41-37-40(38-42(41)49-44)47-43(46)39-45(3)4)36-34-32-30-28-26-24-22-20-18-16-14-12-10-8-6-2/h5,7,11-14,17-20,40-42H,6,8-10,15-16,21-39H2,1-4H3/b7-5-,13-11-,14-12-,19-17-,20-18-/t40?,41-,42+,44?. The van der Waals surface area contributed by atoms with Gasteiger partial charge in [-0.2, -0.15) is 0 Å². The van der Waals surface area contributed by atoms with Crippen LogP contribution in [0.3, 0.4) is 0 Å². The molecule has 0 aromatic rings. The van der Waals surface area contributed by atoms with Gasteiger partial charge in [0.1, 0.15) is 6.10 Å². The van der Waals surface area contributed by atoms with Crippen molar-refractivity contribution in [3.05, 3.63) is 60.8 Å². The first-order chi connectivity index (χ1) is 24.0. The Balaban J connectivity index is 1.65. The van der Waals surface area contributed by atoms with Gasteiger partial charge in [0.15, 0.2) is 5.79 Å². The number of allylic oxidation sites excluding steroid dienone is 10. The van der Waals surface area contributed by atoms with E-state index in [1.54, 1.807) is 0 Å². The van der Waals surface area contributed by atoms with Crippen LogP contribution in [-0.4, -0.2) is 55.6 Å². The molecule has 2 unspecified atom stereocenters. The lowest BCUT2D eigenvalue weighted by atomic mass is 9.98. The van der Waals surface area contributed by atoms with Crippen molar-refractivity contribution >= 4 is 5.97 Å². The fourth-order valence-corrected chi connectivity index (χ4v) is 6.94. The number of nitrogens with zero attached hydrogens (tertiary/aromatic N) is 1. The fraction of sp³-hybridized carbons (Fsp3) is 0.750. The molecule has 2 aliphatic rings. The van der Waals surface area contributed by atoms with Crippen LogP contribution in [0.5, 0.6) is 0 Å². The van der Waals surface area contributed by atoms with E-state index in [1.807, 2.05) is 19.0 Å². The molecule has 5 heteroatoms. The molecular weight excluding hydrogens is 606 g/mol. The van der Waals surface area contributed by atoms with E-state index in [0.717, 1.165) is 57.8 Å². The van der Waals surface area contributed by atoms with Gasteiger partial charge in [0.25, 0.3) is 0 Å². The summed E-state index contributed by atoms with van der Waals surface area (Å²) in [4.78, 5) is 14.1. The van der Waals surface area contributed by atoms with E-state index in [9.17, 15) is 4.79 Å². The van der Waals surface area contributed by atoms with Crippen molar-refractivity contribution in [1.29, 1.82) is 0 Å². The highest BCUT2D eigenvalue weighted by Crippen LogP contribution is 2.44. The van der Waals surface area contributed by atoms with Crippen molar-refractivity contribution in [2.24, 2.45) is 0 Å². The van der Waals surface area contributed by atoms with Crippen molar-refractivity contribution in [1.82, 2.24) is 4.90 Å². The summed E-state index contributed by atoms with van der Waals surface area (Å²) in [6.07, 6.45) is 50.8. The number of esters is 1. The molecule has 0 aromatic carbocycles. The summed E-state index contributed by atoms with van der Waals surface area (Å²) in [5, 5.41) is 0. The van der Waals surface area contributed by atoms with Crippen molar-refractivity contribution in [3.63, 3.8) is 0 Å². The summed E-state index contributed by atoms with van der Waals surface area (Å²) in [7, 11) is 3.79.